The summed E-state index contributed by atoms with van der Waals surface area (Å²) in [5, 5.41) is 6.09. The molecule has 2 heterocycles. The average Bonchev–Trinajstić information content (AvgIpc) is 3.09. The van der Waals surface area contributed by atoms with E-state index in [2.05, 4.69) is 21.4 Å². The van der Waals surface area contributed by atoms with Crippen molar-refractivity contribution in [2.24, 2.45) is 0 Å². The summed E-state index contributed by atoms with van der Waals surface area (Å²) in [5.74, 6) is 0.804. The summed E-state index contributed by atoms with van der Waals surface area (Å²) in [6.45, 7) is 0. The Bertz CT molecular complexity index is 994. The zero-order valence-corrected chi connectivity index (χ0v) is 15.6. The van der Waals surface area contributed by atoms with Crippen LogP contribution in [0.25, 0.3) is 10.9 Å². The Balaban J connectivity index is 1.45. The second kappa shape index (κ2) is 7.52. The minimum absolute atomic E-state index is 0.761. The van der Waals surface area contributed by atoms with Crippen molar-refractivity contribution in [3.63, 3.8) is 0 Å². The number of thioether (sulfide) groups is 1. The summed E-state index contributed by atoms with van der Waals surface area (Å²) in [6, 6.07) is 16.0. The van der Waals surface area contributed by atoms with Gasteiger partial charge in [-0.3, -0.25) is 0 Å². The third-order valence-corrected chi connectivity index (χ3v) is 5.92. The van der Waals surface area contributed by atoms with Crippen LogP contribution in [0.5, 0.6) is 0 Å². The molecule has 0 aliphatic heterocycles. The monoisotopic (exact) mass is 383 g/mol. The summed E-state index contributed by atoms with van der Waals surface area (Å²) >= 11 is 9.33. The normalized spacial score (nSPS) is 11.1. The predicted molar refractivity (Wildman–Crippen MR) is 105 cm³/mol. The number of hydrogen-bond acceptors (Lipinski definition) is 5. The molecule has 0 bridgehead atoms. The highest BCUT2D eigenvalue weighted by Crippen LogP contribution is 2.28. The van der Waals surface area contributed by atoms with E-state index >= 15 is 0 Å². The smallest absolute Gasteiger partial charge is 0.117 e. The molecule has 0 spiro atoms. The van der Waals surface area contributed by atoms with Gasteiger partial charge in [-0.2, -0.15) is 0 Å². The van der Waals surface area contributed by atoms with Gasteiger partial charge >= 0.3 is 0 Å². The van der Waals surface area contributed by atoms with E-state index < -0.39 is 0 Å². The number of halogens is 1. The largest absolute Gasteiger partial charge is 0.245 e. The van der Waals surface area contributed by atoms with Gasteiger partial charge in [-0.05, 0) is 23.8 Å². The van der Waals surface area contributed by atoms with Crippen molar-refractivity contribution in [2.45, 2.75) is 17.2 Å². The lowest BCUT2D eigenvalue weighted by atomic mass is 10.2. The molecule has 25 heavy (non-hydrogen) atoms. The lowest BCUT2D eigenvalue weighted by Gasteiger charge is -2.03. The van der Waals surface area contributed by atoms with E-state index in [-0.39, 0.29) is 0 Å². The van der Waals surface area contributed by atoms with Gasteiger partial charge in [0, 0.05) is 28.0 Å². The molecule has 0 saturated heterocycles. The molecule has 0 saturated carbocycles. The predicted octanol–water partition coefficient (Wildman–Crippen LogP) is 5.62. The molecule has 2 aromatic heterocycles. The highest BCUT2D eigenvalue weighted by Gasteiger charge is 2.07. The molecule has 0 N–H and O–H groups in total. The molecule has 0 radical (unpaired) electrons. The van der Waals surface area contributed by atoms with Crippen LogP contribution in [0.3, 0.4) is 0 Å². The molecule has 0 atom stereocenters. The molecule has 2 aromatic carbocycles. The number of nitrogens with zero attached hydrogens (tertiary/aromatic N) is 3. The number of thiazole rings is 1. The van der Waals surface area contributed by atoms with Gasteiger partial charge in [0.2, 0.25) is 0 Å². The lowest BCUT2D eigenvalue weighted by Crippen LogP contribution is -1.90. The Hall–Kier alpha value is -1.95. The van der Waals surface area contributed by atoms with Crippen molar-refractivity contribution in [2.75, 3.05) is 0 Å². The van der Waals surface area contributed by atoms with E-state index in [1.807, 2.05) is 42.5 Å². The highest BCUT2D eigenvalue weighted by atomic mass is 35.5. The lowest BCUT2D eigenvalue weighted by molar-refractivity contribution is 1.08. The minimum Gasteiger partial charge on any atom is -0.245 e. The highest BCUT2D eigenvalue weighted by molar-refractivity contribution is 7.98. The van der Waals surface area contributed by atoms with Crippen molar-refractivity contribution in [3.8, 4) is 0 Å². The first-order valence-electron chi connectivity index (χ1n) is 7.78. The molecule has 0 aliphatic carbocycles. The first-order chi connectivity index (χ1) is 12.3. The van der Waals surface area contributed by atoms with Gasteiger partial charge in [0.1, 0.15) is 11.4 Å². The number of benzene rings is 2. The zero-order chi connectivity index (χ0) is 17.1. The summed E-state index contributed by atoms with van der Waals surface area (Å²) in [4.78, 5) is 13.5. The van der Waals surface area contributed by atoms with Crippen LogP contribution in [0, 0.1) is 0 Å². The van der Waals surface area contributed by atoms with Crippen molar-refractivity contribution in [3.05, 3.63) is 81.5 Å². The van der Waals surface area contributed by atoms with Gasteiger partial charge in [0.25, 0.3) is 0 Å². The minimum atomic E-state index is 0.761. The van der Waals surface area contributed by atoms with E-state index in [0.29, 0.717) is 0 Å². The van der Waals surface area contributed by atoms with Crippen LogP contribution in [0.1, 0.15) is 16.3 Å². The van der Waals surface area contributed by atoms with Gasteiger partial charge in [0.15, 0.2) is 0 Å². The Morgan fingerprint density at radius 2 is 1.84 bits per heavy atom. The number of para-hydroxylation sites is 1. The van der Waals surface area contributed by atoms with Crippen LogP contribution in [0.2, 0.25) is 5.02 Å². The van der Waals surface area contributed by atoms with E-state index in [1.54, 1.807) is 29.4 Å². The molecule has 0 amide bonds. The SMILES string of the molecule is Clc1ccc(Cc2nc(CSc3ncnc4ccccc34)cs2)cc1. The Morgan fingerprint density at radius 1 is 1.00 bits per heavy atom. The van der Waals surface area contributed by atoms with Crippen LogP contribution in [-0.2, 0) is 12.2 Å². The van der Waals surface area contributed by atoms with Crippen LogP contribution in [0.4, 0.5) is 0 Å². The van der Waals surface area contributed by atoms with Gasteiger partial charge in [-0.15, -0.1) is 11.3 Å². The maximum Gasteiger partial charge on any atom is 0.117 e. The molecule has 0 fully saturated rings. The second-order valence-electron chi connectivity index (χ2n) is 5.52. The van der Waals surface area contributed by atoms with Crippen molar-refractivity contribution in [1.29, 1.82) is 0 Å². The van der Waals surface area contributed by atoms with E-state index in [1.165, 1.54) is 5.56 Å². The molecule has 6 heteroatoms. The van der Waals surface area contributed by atoms with Crippen LogP contribution in [-0.4, -0.2) is 15.0 Å². The van der Waals surface area contributed by atoms with Gasteiger partial charge in [0.05, 0.1) is 16.2 Å². The summed E-state index contributed by atoms with van der Waals surface area (Å²) in [6.07, 6.45) is 2.46. The quantitative estimate of drug-likeness (QED) is 0.331. The first-order valence-corrected chi connectivity index (χ1v) is 10.0. The Kier molecular flexibility index (Phi) is 4.97. The third-order valence-electron chi connectivity index (χ3n) is 3.73. The topological polar surface area (TPSA) is 38.7 Å². The Morgan fingerprint density at radius 3 is 2.72 bits per heavy atom. The fourth-order valence-electron chi connectivity index (χ4n) is 2.51. The van der Waals surface area contributed by atoms with Gasteiger partial charge < -0.3 is 0 Å². The number of rotatable bonds is 5. The molecule has 0 aliphatic rings. The van der Waals surface area contributed by atoms with Crippen molar-refractivity contribution in [1.82, 2.24) is 15.0 Å². The first kappa shape index (κ1) is 16.5. The molecular weight excluding hydrogens is 370 g/mol. The maximum absolute atomic E-state index is 5.93. The number of fused-ring (bicyclic) bond motifs is 1. The van der Waals surface area contributed by atoms with Crippen molar-refractivity contribution >= 4 is 45.6 Å². The fourth-order valence-corrected chi connectivity index (χ4v) is 4.45. The van der Waals surface area contributed by atoms with Gasteiger partial charge in [-0.1, -0.05) is 53.7 Å². The average molecular weight is 384 g/mol. The van der Waals surface area contributed by atoms with Crippen molar-refractivity contribution < 1.29 is 0 Å². The van der Waals surface area contributed by atoms with E-state index in [0.717, 1.165) is 43.8 Å². The fraction of sp³-hybridized carbons (Fsp3) is 0.105. The summed E-state index contributed by atoms with van der Waals surface area (Å²) < 4.78 is 0. The summed E-state index contributed by atoms with van der Waals surface area (Å²) in [7, 11) is 0. The zero-order valence-electron chi connectivity index (χ0n) is 13.2. The molecule has 124 valence electrons. The second-order valence-corrected chi connectivity index (χ2v) is 7.86. The van der Waals surface area contributed by atoms with Crippen LogP contribution >= 0.6 is 34.7 Å². The van der Waals surface area contributed by atoms with Crippen LogP contribution in [0.15, 0.2) is 65.3 Å². The molecule has 0 unspecified atom stereocenters. The molecular formula is C19H14ClN3S2. The number of aromatic nitrogens is 3. The molecule has 4 aromatic rings. The third kappa shape index (κ3) is 4.00. The maximum atomic E-state index is 5.93. The summed E-state index contributed by atoms with van der Waals surface area (Å²) in [5.41, 5.74) is 3.28. The van der Waals surface area contributed by atoms with E-state index in [4.69, 9.17) is 16.6 Å². The van der Waals surface area contributed by atoms with Gasteiger partial charge in [-0.25, -0.2) is 15.0 Å². The molecule has 4 rings (SSSR count). The van der Waals surface area contributed by atoms with E-state index in [9.17, 15) is 0 Å². The number of hydrogen-bond donors (Lipinski definition) is 0. The standard InChI is InChI=1S/C19H14ClN3S2/c20-14-7-5-13(6-8-14)9-18-23-15(10-24-18)11-25-19-16-3-1-2-4-17(16)21-12-22-19/h1-8,10,12H,9,11H2. The Labute approximate surface area is 159 Å². The molecule has 3 nitrogen and oxygen atoms in total. The van der Waals surface area contributed by atoms with Crippen LogP contribution < -0.4 is 0 Å².